The van der Waals surface area contributed by atoms with Gasteiger partial charge in [0, 0.05) is 23.7 Å². The normalized spacial score (nSPS) is 12.3. The molecule has 0 bridgehead atoms. The van der Waals surface area contributed by atoms with Crippen LogP contribution >= 0.6 is 11.6 Å². The Morgan fingerprint density at radius 2 is 1.92 bits per heavy atom. The van der Waals surface area contributed by atoms with E-state index >= 15 is 0 Å². The van der Waals surface area contributed by atoms with Crippen LogP contribution in [0.3, 0.4) is 0 Å². The standard InChI is InChI=1S/C19H21ClN4O/c1-14(25)11-21-12-18-19(16-7-3-2-4-8-16)23-24(22-18)13-15-6-5-9-17(20)10-15/h2-10,14,21,25H,11-13H2,1H3/t14-/m0/s1. The maximum absolute atomic E-state index is 9.43. The fraction of sp³-hybridized carbons (Fsp3) is 0.263. The van der Waals surface area contributed by atoms with E-state index in [9.17, 15) is 5.11 Å². The summed E-state index contributed by atoms with van der Waals surface area (Å²) in [6.45, 7) is 3.36. The highest BCUT2D eigenvalue weighted by Crippen LogP contribution is 2.20. The molecule has 0 saturated carbocycles. The lowest BCUT2D eigenvalue weighted by Gasteiger charge is -2.05. The van der Waals surface area contributed by atoms with Gasteiger partial charge >= 0.3 is 0 Å². The zero-order chi connectivity index (χ0) is 17.6. The lowest BCUT2D eigenvalue weighted by molar-refractivity contribution is 0.191. The highest BCUT2D eigenvalue weighted by Gasteiger charge is 2.13. The Morgan fingerprint density at radius 1 is 1.12 bits per heavy atom. The summed E-state index contributed by atoms with van der Waals surface area (Å²) in [6, 6.07) is 17.7. The molecule has 0 aliphatic rings. The number of aromatic nitrogens is 3. The van der Waals surface area contributed by atoms with Gasteiger partial charge in [-0.3, -0.25) is 0 Å². The highest BCUT2D eigenvalue weighted by molar-refractivity contribution is 6.30. The van der Waals surface area contributed by atoms with Gasteiger partial charge in [0.15, 0.2) is 0 Å². The van der Waals surface area contributed by atoms with Gasteiger partial charge in [0.1, 0.15) is 11.4 Å². The van der Waals surface area contributed by atoms with E-state index in [4.69, 9.17) is 11.6 Å². The Labute approximate surface area is 152 Å². The molecule has 2 N–H and O–H groups in total. The van der Waals surface area contributed by atoms with Crippen LogP contribution in [-0.4, -0.2) is 32.7 Å². The van der Waals surface area contributed by atoms with Gasteiger partial charge in [0.25, 0.3) is 0 Å². The first-order valence-corrected chi connectivity index (χ1v) is 8.62. The van der Waals surface area contributed by atoms with Crippen molar-refractivity contribution in [1.82, 2.24) is 20.3 Å². The summed E-state index contributed by atoms with van der Waals surface area (Å²) in [5.41, 5.74) is 3.77. The molecule has 5 nitrogen and oxygen atoms in total. The molecule has 130 valence electrons. The molecule has 25 heavy (non-hydrogen) atoms. The quantitative estimate of drug-likeness (QED) is 0.682. The molecule has 3 aromatic rings. The summed E-state index contributed by atoms with van der Waals surface area (Å²) in [5, 5.41) is 22.6. The molecule has 1 aromatic heterocycles. The number of nitrogens with one attached hydrogen (secondary N) is 1. The van der Waals surface area contributed by atoms with E-state index in [1.54, 1.807) is 11.7 Å². The first-order chi connectivity index (χ1) is 12.1. The maximum Gasteiger partial charge on any atom is 0.117 e. The highest BCUT2D eigenvalue weighted by atomic mass is 35.5. The average Bonchev–Trinajstić information content (AvgIpc) is 2.98. The van der Waals surface area contributed by atoms with Crippen molar-refractivity contribution in [3.05, 3.63) is 70.9 Å². The van der Waals surface area contributed by atoms with Crippen LogP contribution in [0.4, 0.5) is 0 Å². The van der Waals surface area contributed by atoms with Gasteiger partial charge < -0.3 is 10.4 Å². The molecule has 1 heterocycles. The molecule has 1 atom stereocenters. The van der Waals surface area contributed by atoms with E-state index in [2.05, 4.69) is 15.5 Å². The summed E-state index contributed by atoms with van der Waals surface area (Å²) in [4.78, 5) is 1.69. The second-order valence-electron chi connectivity index (χ2n) is 6.00. The number of aliphatic hydroxyl groups excluding tert-OH is 1. The molecule has 0 aliphatic heterocycles. The van der Waals surface area contributed by atoms with E-state index in [1.807, 2.05) is 54.6 Å². The molecule has 6 heteroatoms. The van der Waals surface area contributed by atoms with Crippen molar-refractivity contribution < 1.29 is 5.11 Å². The van der Waals surface area contributed by atoms with Crippen molar-refractivity contribution in [1.29, 1.82) is 0 Å². The van der Waals surface area contributed by atoms with Gasteiger partial charge in [-0.1, -0.05) is 54.1 Å². The van der Waals surface area contributed by atoms with Crippen LogP contribution in [0.1, 0.15) is 18.2 Å². The summed E-state index contributed by atoms with van der Waals surface area (Å²) < 4.78 is 0. The van der Waals surface area contributed by atoms with E-state index in [-0.39, 0.29) is 0 Å². The molecule has 0 unspecified atom stereocenters. The van der Waals surface area contributed by atoms with Gasteiger partial charge in [0.05, 0.1) is 12.6 Å². The Bertz CT molecular complexity index is 817. The third-order valence-electron chi connectivity index (χ3n) is 3.72. The van der Waals surface area contributed by atoms with Crippen molar-refractivity contribution in [2.24, 2.45) is 0 Å². The molecule has 0 spiro atoms. The van der Waals surface area contributed by atoms with Crippen LogP contribution in [-0.2, 0) is 13.1 Å². The number of aliphatic hydroxyl groups is 1. The number of halogens is 1. The molecule has 0 radical (unpaired) electrons. The first-order valence-electron chi connectivity index (χ1n) is 8.24. The minimum atomic E-state index is -0.401. The minimum absolute atomic E-state index is 0.401. The lowest BCUT2D eigenvalue weighted by Crippen LogP contribution is -2.24. The fourth-order valence-corrected chi connectivity index (χ4v) is 2.80. The Kier molecular flexibility index (Phi) is 5.81. The Morgan fingerprint density at radius 3 is 2.64 bits per heavy atom. The van der Waals surface area contributed by atoms with Gasteiger partial charge in [0.2, 0.25) is 0 Å². The fourth-order valence-electron chi connectivity index (χ4n) is 2.59. The van der Waals surface area contributed by atoms with Crippen LogP contribution in [0.2, 0.25) is 5.02 Å². The Balaban J connectivity index is 1.85. The van der Waals surface area contributed by atoms with Crippen molar-refractivity contribution in [2.45, 2.75) is 26.1 Å². The van der Waals surface area contributed by atoms with Gasteiger partial charge in [-0.25, -0.2) is 0 Å². The monoisotopic (exact) mass is 356 g/mol. The second-order valence-corrected chi connectivity index (χ2v) is 6.44. The minimum Gasteiger partial charge on any atom is -0.392 e. The number of rotatable bonds is 7. The van der Waals surface area contributed by atoms with E-state index in [1.165, 1.54) is 0 Å². The summed E-state index contributed by atoms with van der Waals surface area (Å²) >= 11 is 6.06. The first kappa shape index (κ1) is 17.6. The number of hydrogen-bond donors (Lipinski definition) is 2. The SMILES string of the molecule is C[C@H](O)CNCc1nn(Cc2cccc(Cl)c2)nc1-c1ccccc1. The molecule has 0 fully saturated rings. The van der Waals surface area contributed by atoms with Crippen LogP contribution < -0.4 is 5.32 Å². The number of benzene rings is 2. The largest absolute Gasteiger partial charge is 0.392 e. The zero-order valence-electron chi connectivity index (χ0n) is 14.1. The average molecular weight is 357 g/mol. The van der Waals surface area contributed by atoms with Gasteiger partial charge in [-0.15, -0.1) is 0 Å². The summed E-state index contributed by atoms with van der Waals surface area (Å²) in [7, 11) is 0. The van der Waals surface area contributed by atoms with Crippen molar-refractivity contribution in [2.75, 3.05) is 6.54 Å². The second kappa shape index (κ2) is 8.25. The van der Waals surface area contributed by atoms with E-state index < -0.39 is 6.10 Å². The zero-order valence-corrected chi connectivity index (χ0v) is 14.8. The van der Waals surface area contributed by atoms with Crippen LogP contribution in [0.25, 0.3) is 11.3 Å². The maximum atomic E-state index is 9.43. The van der Waals surface area contributed by atoms with E-state index in [0.717, 1.165) is 22.5 Å². The van der Waals surface area contributed by atoms with Gasteiger partial charge in [-0.2, -0.15) is 15.0 Å². The third kappa shape index (κ3) is 4.89. The molecule has 0 aliphatic carbocycles. The smallest absolute Gasteiger partial charge is 0.117 e. The molecular weight excluding hydrogens is 336 g/mol. The summed E-state index contributed by atoms with van der Waals surface area (Å²) in [5.74, 6) is 0. The van der Waals surface area contributed by atoms with Gasteiger partial charge in [-0.05, 0) is 24.6 Å². The Hall–Kier alpha value is -2.21. The number of hydrogen-bond acceptors (Lipinski definition) is 4. The molecule has 0 saturated heterocycles. The van der Waals surface area contributed by atoms with Crippen LogP contribution in [0.15, 0.2) is 54.6 Å². The van der Waals surface area contributed by atoms with Crippen LogP contribution in [0.5, 0.6) is 0 Å². The van der Waals surface area contributed by atoms with Crippen LogP contribution in [0, 0.1) is 0 Å². The third-order valence-corrected chi connectivity index (χ3v) is 3.95. The predicted octanol–water partition coefficient (Wildman–Crippen LogP) is 3.12. The van der Waals surface area contributed by atoms with Crippen molar-refractivity contribution in [3.8, 4) is 11.3 Å². The van der Waals surface area contributed by atoms with Crippen molar-refractivity contribution >= 4 is 11.6 Å². The predicted molar refractivity (Wildman–Crippen MR) is 99.4 cm³/mol. The molecular formula is C19H21ClN4O. The topological polar surface area (TPSA) is 63.0 Å². The van der Waals surface area contributed by atoms with Crippen molar-refractivity contribution in [3.63, 3.8) is 0 Å². The molecule has 3 rings (SSSR count). The van der Waals surface area contributed by atoms with E-state index in [0.29, 0.717) is 24.7 Å². The molecule has 0 amide bonds. The lowest BCUT2D eigenvalue weighted by atomic mass is 10.1. The number of nitrogens with zero attached hydrogens (tertiary/aromatic N) is 3. The summed E-state index contributed by atoms with van der Waals surface area (Å²) in [6.07, 6.45) is -0.401. The molecule has 2 aromatic carbocycles.